The summed E-state index contributed by atoms with van der Waals surface area (Å²) in [4.78, 5) is 2.66. The Morgan fingerprint density at radius 2 is 1.28 bits per heavy atom. The number of fused-ring (bicyclic) bond motifs is 2. The summed E-state index contributed by atoms with van der Waals surface area (Å²) in [6.45, 7) is 0.708. The molecule has 1 nitrogen and oxygen atoms in total. The number of hydrogen-bond acceptors (Lipinski definition) is 2. The minimum Gasteiger partial charge on any atom is -0.381 e. The van der Waals surface area contributed by atoms with E-state index in [0.29, 0.717) is 6.54 Å². The van der Waals surface area contributed by atoms with E-state index in [1.165, 1.54) is 44.2 Å². The van der Waals surface area contributed by atoms with Crippen LogP contribution in [0.5, 0.6) is 0 Å². The first-order valence-electron chi connectivity index (χ1n) is 9.72. The maximum Gasteiger partial charge on any atom is 0.123 e. The summed E-state index contributed by atoms with van der Waals surface area (Å²) in [6, 6.07) is 32.7. The molecule has 4 aromatic rings. The number of nitrogens with one attached hydrogen (secondary N) is 1. The highest BCUT2D eigenvalue weighted by Crippen LogP contribution is 2.48. The zero-order chi connectivity index (χ0) is 19.6. The third-order valence-electron chi connectivity index (χ3n) is 5.33. The summed E-state index contributed by atoms with van der Waals surface area (Å²) in [6.07, 6.45) is 0. The molecule has 0 aliphatic carbocycles. The van der Waals surface area contributed by atoms with Crippen LogP contribution < -0.4 is 5.32 Å². The molecule has 0 unspecified atom stereocenters. The first-order chi connectivity index (χ1) is 14.3. The Hall–Kier alpha value is -3.04. The third-order valence-corrected chi connectivity index (χ3v) is 6.52. The van der Waals surface area contributed by atoms with E-state index in [1.807, 2.05) is 11.8 Å². The van der Waals surface area contributed by atoms with Gasteiger partial charge in [-0.25, -0.2) is 4.39 Å². The van der Waals surface area contributed by atoms with Gasteiger partial charge in [-0.05, 0) is 58.7 Å². The maximum absolute atomic E-state index is 13.1. The van der Waals surface area contributed by atoms with E-state index in [9.17, 15) is 4.39 Å². The van der Waals surface area contributed by atoms with Gasteiger partial charge in [-0.2, -0.15) is 0 Å². The van der Waals surface area contributed by atoms with Crippen LogP contribution in [0.25, 0.3) is 0 Å². The fraction of sp³-hybridized carbons (Fsp3) is 0.0769. The minimum atomic E-state index is -0.217. The van der Waals surface area contributed by atoms with Gasteiger partial charge in [0, 0.05) is 27.9 Å². The van der Waals surface area contributed by atoms with Crippen LogP contribution in [0.1, 0.15) is 28.2 Å². The van der Waals surface area contributed by atoms with E-state index in [1.54, 1.807) is 12.1 Å². The number of rotatable bonds is 4. The van der Waals surface area contributed by atoms with Gasteiger partial charge in [0.2, 0.25) is 0 Å². The monoisotopic (exact) mass is 397 g/mol. The molecule has 0 saturated carbocycles. The lowest BCUT2D eigenvalue weighted by Crippen LogP contribution is -2.10. The van der Waals surface area contributed by atoms with Gasteiger partial charge in [-0.15, -0.1) is 0 Å². The van der Waals surface area contributed by atoms with Gasteiger partial charge in [0.1, 0.15) is 5.82 Å². The average molecular weight is 398 g/mol. The Bertz CT molecular complexity index is 1090. The molecule has 0 spiro atoms. The Labute approximate surface area is 174 Å². The lowest BCUT2D eigenvalue weighted by atomic mass is 9.84. The first-order valence-corrected chi connectivity index (χ1v) is 10.5. The SMILES string of the molecule is Fc1ccc(NCc2ccc(C3c4ccccc4Sc4ccccc43)cc2)cc1. The molecular weight excluding hydrogens is 377 g/mol. The smallest absolute Gasteiger partial charge is 0.123 e. The van der Waals surface area contributed by atoms with Crippen molar-refractivity contribution in [2.24, 2.45) is 0 Å². The second-order valence-electron chi connectivity index (χ2n) is 7.21. The van der Waals surface area contributed by atoms with Crippen molar-refractivity contribution in [3.05, 3.63) is 125 Å². The molecule has 142 valence electrons. The molecule has 0 bridgehead atoms. The van der Waals surface area contributed by atoms with Crippen molar-refractivity contribution in [1.82, 2.24) is 0 Å². The molecule has 0 radical (unpaired) electrons. The largest absolute Gasteiger partial charge is 0.381 e. The molecule has 0 atom stereocenters. The van der Waals surface area contributed by atoms with Gasteiger partial charge < -0.3 is 5.32 Å². The topological polar surface area (TPSA) is 12.0 Å². The predicted octanol–water partition coefficient (Wildman–Crippen LogP) is 7.08. The van der Waals surface area contributed by atoms with Crippen LogP contribution in [0.2, 0.25) is 0 Å². The van der Waals surface area contributed by atoms with Crippen molar-refractivity contribution in [2.75, 3.05) is 5.32 Å². The van der Waals surface area contributed by atoms with E-state index < -0.39 is 0 Å². The van der Waals surface area contributed by atoms with Crippen LogP contribution in [-0.4, -0.2) is 0 Å². The first kappa shape index (κ1) is 18.0. The molecular formula is C26H20FNS. The standard InChI is InChI=1S/C26H20FNS/c27-20-13-15-21(16-14-20)28-17-18-9-11-19(12-10-18)26-22-5-1-3-7-24(22)29-25-8-4-2-6-23(25)26/h1-16,26,28H,17H2. The summed E-state index contributed by atoms with van der Waals surface area (Å²) in [5.74, 6) is 0.0360. The number of benzene rings is 4. The van der Waals surface area contributed by atoms with E-state index in [4.69, 9.17) is 0 Å². The molecule has 3 heteroatoms. The Morgan fingerprint density at radius 3 is 1.90 bits per heavy atom. The molecule has 29 heavy (non-hydrogen) atoms. The number of hydrogen-bond donors (Lipinski definition) is 1. The Kier molecular flexibility index (Phi) is 4.82. The van der Waals surface area contributed by atoms with Crippen LogP contribution >= 0.6 is 11.8 Å². The van der Waals surface area contributed by atoms with Crippen molar-refractivity contribution in [2.45, 2.75) is 22.3 Å². The average Bonchev–Trinajstić information content (AvgIpc) is 2.77. The van der Waals surface area contributed by atoms with Crippen molar-refractivity contribution in [1.29, 1.82) is 0 Å². The summed E-state index contributed by atoms with van der Waals surface area (Å²) in [7, 11) is 0. The molecule has 1 heterocycles. The lowest BCUT2D eigenvalue weighted by Gasteiger charge is -2.28. The molecule has 0 aromatic heterocycles. The normalized spacial score (nSPS) is 12.9. The van der Waals surface area contributed by atoms with Crippen molar-refractivity contribution in [3.8, 4) is 0 Å². The quantitative estimate of drug-likeness (QED) is 0.348. The second kappa shape index (κ2) is 7.76. The molecule has 5 rings (SSSR count). The lowest BCUT2D eigenvalue weighted by molar-refractivity contribution is 0.628. The van der Waals surface area contributed by atoms with E-state index >= 15 is 0 Å². The third kappa shape index (κ3) is 3.66. The maximum atomic E-state index is 13.1. The van der Waals surface area contributed by atoms with Crippen molar-refractivity contribution in [3.63, 3.8) is 0 Å². The van der Waals surface area contributed by atoms with Crippen molar-refractivity contribution >= 4 is 17.4 Å². The molecule has 0 amide bonds. The fourth-order valence-electron chi connectivity index (χ4n) is 3.87. The minimum absolute atomic E-state index is 0.217. The second-order valence-corrected chi connectivity index (χ2v) is 8.30. The van der Waals surface area contributed by atoms with Gasteiger partial charge in [0.25, 0.3) is 0 Å². The highest BCUT2D eigenvalue weighted by molar-refractivity contribution is 7.99. The number of halogens is 1. The van der Waals surface area contributed by atoms with Gasteiger partial charge in [-0.1, -0.05) is 72.4 Å². The summed E-state index contributed by atoms with van der Waals surface area (Å²) in [5.41, 5.74) is 6.16. The predicted molar refractivity (Wildman–Crippen MR) is 118 cm³/mol. The highest BCUT2D eigenvalue weighted by Gasteiger charge is 2.26. The van der Waals surface area contributed by atoms with Gasteiger partial charge in [0.15, 0.2) is 0 Å². The molecule has 4 aromatic carbocycles. The highest BCUT2D eigenvalue weighted by atomic mass is 32.2. The van der Waals surface area contributed by atoms with Crippen LogP contribution in [0, 0.1) is 5.82 Å². The van der Waals surface area contributed by atoms with Gasteiger partial charge in [-0.3, -0.25) is 0 Å². The van der Waals surface area contributed by atoms with Crippen LogP contribution in [0.15, 0.2) is 107 Å². The van der Waals surface area contributed by atoms with Crippen molar-refractivity contribution < 1.29 is 4.39 Å². The Balaban J connectivity index is 1.42. The number of anilines is 1. The van der Waals surface area contributed by atoms with Gasteiger partial charge >= 0.3 is 0 Å². The van der Waals surface area contributed by atoms with Crippen LogP contribution in [0.4, 0.5) is 10.1 Å². The fourth-order valence-corrected chi connectivity index (χ4v) is 5.01. The molecule has 0 fully saturated rings. The van der Waals surface area contributed by atoms with E-state index in [2.05, 4.69) is 78.1 Å². The van der Waals surface area contributed by atoms with Gasteiger partial charge in [0.05, 0.1) is 0 Å². The summed E-state index contributed by atoms with van der Waals surface area (Å²) < 4.78 is 13.1. The molecule has 1 aliphatic heterocycles. The van der Waals surface area contributed by atoms with E-state index in [0.717, 1.165) is 5.69 Å². The summed E-state index contributed by atoms with van der Waals surface area (Å²) >= 11 is 1.85. The Morgan fingerprint density at radius 1 is 0.690 bits per heavy atom. The molecule has 0 saturated heterocycles. The molecule has 1 N–H and O–H groups in total. The zero-order valence-electron chi connectivity index (χ0n) is 15.8. The molecule has 1 aliphatic rings. The summed E-state index contributed by atoms with van der Waals surface area (Å²) in [5, 5.41) is 3.35. The van der Waals surface area contributed by atoms with Crippen LogP contribution in [0.3, 0.4) is 0 Å². The zero-order valence-corrected chi connectivity index (χ0v) is 16.6. The van der Waals surface area contributed by atoms with Crippen LogP contribution in [-0.2, 0) is 6.54 Å². The van der Waals surface area contributed by atoms with E-state index in [-0.39, 0.29) is 11.7 Å².